The standard InChI is InChI=1S/C29H31N5O3/c1-20-5-13-25(14-6-20)34-27(16-21(2)32-34)31-28(35)19-33(18-26-4-3-15-37-26)17-22-7-9-23(10-8-22)29(36)30-24-11-12-24/h3-10,13-16,24H,11-12,17-19H2,1-2H3,(H,30,36)(H,31,35). The van der Waals surface area contributed by atoms with Crippen molar-refractivity contribution in [1.29, 1.82) is 0 Å². The summed E-state index contributed by atoms with van der Waals surface area (Å²) in [5, 5.41) is 10.6. The Hall–Kier alpha value is -4.17. The molecule has 0 atom stereocenters. The lowest BCUT2D eigenvalue weighted by Crippen LogP contribution is -2.33. The van der Waals surface area contributed by atoms with Crippen LogP contribution in [-0.2, 0) is 17.9 Å². The molecule has 1 aliphatic carbocycles. The number of nitrogens with zero attached hydrogens (tertiary/aromatic N) is 3. The normalized spacial score (nSPS) is 13.1. The zero-order valence-electron chi connectivity index (χ0n) is 21.1. The Morgan fingerprint density at radius 2 is 1.78 bits per heavy atom. The topological polar surface area (TPSA) is 92.4 Å². The van der Waals surface area contributed by atoms with Crippen LogP contribution in [0.15, 0.2) is 77.4 Å². The number of hydrogen-bond donors (Lipinski definition) is 2. The molecule has 2 aromatic carbocycles. The van der Waals surface area contributed by atoms with Crippen LogP contribution in [0, 0.1) is 13.8 Å². The van der Waals surface area contributed by atoms with Crippen molar-refractivity contribution in [1.82, 2.24) is 20.0 Å². The lowest BCUT2D eigenvalue weighted by atomic mass is 10.1. The number of anilines is 1. The molecule has 8 nitrogen and oxygen atoms in total. The third-order valence-electron chi connectivity index (χ3n) is 6.24. The summed E-state index contributed by atoms with van der Waals surface area (Å²) in [6.07, 6.45) is 3.74. The molecule has 0 spiro atoms. The van der Waals surface area contributed by atoms with Gasteiger partial charge in [-0.1, -0.05) is 29.8 Å². The quantitative estimate of drug-likeness (QED) is 0.334. The van der Waals surface area contributed by atoms with Crippen molar-refractivity contribution in [3.8, 4) is 5.69 Å². The summed E-state index contributed by atoms with van der Waals surface area (Å²) >= 11 is 0. The molecule has 190 valence electrons. The van der Waals surface area contributed by atoms with E-state index in [9.17, 15) is 9.59 Å². The van der Waals surface area contributed by atoms with Crippen molar-refractivity contribution in [3.63, 3.8) is 0 Å². The second-order valence-electron chi connectivity index (χ2n) is 9.64. The molecule has 4 aromatic rings. The van der Waals surface area contributed by atoms with E-state index in [2.05, 4.69) is 15.7 Å². The van der Waals surface area contributed by atoms with Gasteiger partial charge in [-0.05, 0) is 68.7 Å². The molecule has 8 heteroatoms. The molecule has 1 aliphatic rings. The SMILES string of the molecule is Cc1ccc(-n2nc(C)cc2NC(=O)CN(Cc2ccc(C(=O)NC3CC3)cc2)Cc2ccco2)cc1. The number of hydrogen-bond acceptors (Lipinski definition) is 5. The van der Waals surface area contributed by atoms with Gasteiger partial charge in [-0.3, -0.25) is 14.5 Å². The molecule has 0 radical (unpaired) electrons. The molecule has 0 bridgehead atoms. The third-order valence-corrected chi connectivity index (χ3v) is 6.24. The summed E-state index contributed by atoms with van der Waals surface area (Å²) in [6.45, 7) is 5.08. The Balaban J connectivity index is 1.28. The number of benzene rings is 2. The van der Waals surface area contributed by atoms with Gasteiger partial charge in [-0.2, -0.15) is 5.10 Å². The summed E-state index contributed by atoms with van der Waals surface area (Å²) in [5.41, 5.74) is 4.50. The van der Waals surface area contributed by atoms with Gasteiger partial charge in [0.05, 0.1) is 30.7 Å². The zero-order valence-corrected chi connectivity index (χ0v) is 21.1. The van der Waals surface area contributed by atoms with E-state index in [0.29, 0.717) is 30.5 Å². The highest BCUT2D eigenvalue weighted by atomic mass is 16.3. The smallest absolute Gasteiger partial charge is 0.251 e. The number of carbonyl (C=O) groups is 2. The average molecular weight is 498 g/mol. The van der Waals surface area contributed by atoms with Gasteiger partial charge in [0.2, 0.25) is 5.91 Å². The van der Waals surface area contributed by atoms with Crippen LogP contribution in [0.2, 0.25) is 0 Å². The van der Waals surface area contributed by atoms with Crippen LogP contribution in [-0.4, -0.2) is 39.1 Å². The number of rotatable bonds is 10. The molecular weight excluding hydrogens is 466 g/mol. The molecule has 2 aromatic heterocycles. The number of furan rings is 1. The largest absolute Gasteiger partial charge is 0.468 e. The predicted octanol–water partition coefficient (Wildman–Crippen LogP) is 4.62. The molecule has 0 saturated heterocycles. The maximum atomic E-state index is 13.2. The second kappa shape index (κ2) is 10.8. The first kappa shape index (κ1) is 24.5. The van der Waals surface area contributed by atoms with Gasteiger partial charge in [0.25, 0.3) is 5.91 Å². The minimum Gasteiger partial charge on any atom is -0.468 e. The summed E-state index contributed by atoms with van der Waals surface area (Å²) < 4.78 is 7.29. The van der Waals surface area contributed by atoms with Crippen molar-refractivity contribution in [2.75, 3.05) is 11.9 Å². The Bertz CT molecular complexity index is 1350. The summed E-state index contributed by atoms with van der Waals surface area (Å²) in [4.78, 5) is 27.5. The van der Waals surface area contributed by atoms with Crippen molar-refractivity contribution < 1.29 is 14.0 Å². The maximum Gasteiger partial charge on any atom is 0.251 e. The molecule has 2 N–H and O–H groups in total. The van der Waals surface area contributed by atoms with Crippen LogP contribution in [0.25, 0.3) is 5.69 Å². The Labute approximate surface area is 216 Å². The van der Waals surface area contributed by atoms with E-state index in [1.165, 1.54) is 0 Å². The summed E-state index contributed by atoms with van der Waals surface area (Å²) in [5.74, 6) is 1.20. The Morgan fingerprint density at radius 1 is 1.03 bits per heavy atom. The van der Waals surface area contributed by atoms with Gasteiger partial charge in [-0.15, -0.1) is 0 Å². The van der Waals surface area contributed by atoms with Crippen LogP contribution >= 0.6 is 0 Å². The second-order valence-corrected chi connectivity index (χ2v) is 9.64. The number of aryl methyl sites for hydroxylation is 2. The number of amides is 2. The van der Waals surface area contributed by atoms with Gasteiger partial charge in [0.1, 0.15) is 11.6 Å². The van der Waals surface area contributed by atoms with Gasteiger partial charge in [0.15, 0.2) is 0 Å². The first-order chi connectivity index (χ1) is 17.9. The first-order valence-corrected chi connectivity index (χ1v) is 12.5. The van der Waals surface area contributed by atoms with Gasteiger partial charge < -0.3 is 15.1 Å². The van der Waals surface area contributed by atoms with E-state index in [1.807, 2.05) is 85.5 Å². The van der Waals surface area contributed by atoms with Crippen LogP contribution in [0.5, 0.6) is 0 Å². The number of carbonyl (C=O) groups excluding carboxylic acids is 2. The van der Waals surface area contributed by atoms with Crippen molar-refractivity contribution in [2.24, 2.45) is 0 Å². The highest BCUT2D eigenvalue weighted by Gasteiger charge is 2.24. The van der Waals surface area contributed by atoms with Crippen LogP contribution < -0.4 is 10.6 Å². The predicted molar refractivity (Wildman–Crippen MR) is 141 cm³/mol. The van der Waals surface area contributed by atoms with Crippen molar-refractivity contribution >= 4 is 17.6 Å². The monoisotopic (exact) mass is 497 g/mol. The first-order valence-electron chi connectivity index (χ1n) is 12.5. The van der Waals surface area contributed by atoms with E-state index in [-0.39, 0.29) is 18.4 Å². The van der Waals surface area contributed by atoms with E-state index in [4.69, 9.17) is 4.42 Å². The molecular formula is C29H31N5O3. The summed E-state index contributed by atoms with van der Waals surface area (Å²) in [6, 6.07) is 21.5. The molecule has 0 unspecified atom stereocenters. The number of nitrogens with one attached hydrogen (secondary N) is 2. The summed E-state index contributed by atoms with van der Waals surface area (Å²) in [7, 11) is 0. The maximum absolute atomic E-state index is 13.2. The minimum atomic E-state index is -0.153. The van der Waals surface area contributed by atoms with Gasteiger partial charge in [0, 0.05) is 24.2 Å². The van der Waals surface area contributed by atoms with Crippen LogP contribution in [0.3, 0.4) is 0 Å². The lowest BCUT2D eigenvalue weighted by Gasteiger charge is -2.21. The highest BCUT2D eigenvalue weighted by Crippen LogP contribution is 2.20. The fourth-order valence-electron chi connectivity index (χ4n) is 4.16. The van der Waals surface area contributed by atoms with E-state index in [1.54, 1.807) is 10.9 Å². The number of aromatic nitrogens is 2. The third kappa shape index (κ3) is 6.54. The van der Waals surface area contributed by atoms with Crippen molar-refractivity contribution in [2.45, 2.75) is 45.8 Å². The minimum absolute atomic E-state index is 0.0404. The fourth-order valence-corrected chi connectivity index (χ4v) is 4.16. The zero-order chi connectivity index (χ0) is 25.8. The van der Waals surface area contributed by atoms with Gasteiger partial charge in [-0.25, -0.2) is 4.68 Å². The van der Waals surface area contributed by atoms with E-state index in [0.717, 1.165) is 41.1 Å². The van der Waals surface area contributed by atoms with Gasteiger partial charge >= 0.3 is 0 Å². The molecule has 5 rings (SSSR count). The van der Waals surface area contributed by atoms with E-state index >= 15 is 0 Å². The molecule has 1 fully saturated rings. The van der Waals surface area contributed by atoms with Crippen molar-refractivity contribution in [3.05, 3.63) is 101 Å². The molecule has 2 amide bonds. The average Bonchev–Trinajstić information content (AvgIpc) is 3.39. The Morgan fingerprint density at radius 3 is 2.46 bits per heavy atom. The van der Waals surface area contributed by atoms with Crippen LogP contribution in [0.4, 0.5) is 5.82 Å². The fraction of sp³-hybridized carbons (Fsp3) is 0.276. The molecule has 2 heterocycles. The lowest BCUT2D eigenvalue weighted by molar-refractivity contribution is -0.117. The molecule has 1 saturated carbocycles. The highest BCUT2D eigenvalue weighted by molar-refractivity contribution is 5.94. The molecule has 0 aliphatic heterocycles. The molecule has 37 heavy (non-hydrogen) atoms. The van der Waals surface area contributed by atoms with Crippen LogP contribution in [0.1, 0.15) is 45.8 Å². The van der Waals surface area contributed by atoms with E-state index < -0.39 is 0 Å². The Kier molecular flexibility index (Phi) is 7.18.